The Kier molecular flexibility index (Phi) is 5.23. The van der Waals surface area contributed by atoms with Crippen LogP contribution < -0.4 is 15.6 Å². The van der Waals surface area contributed by atoms with E-state index in [0.29, 0.717) is 41.3 Å². The van der Waals surface area contributed by atoms with Crippen molar-refractivity contribution in [2.24, 2.45) is 0 Å². The van der Waals surface area contributed by atoms with Crippen molar-refractivity contribution in [1.82, 2.24) is 4.98 Å². The molecule has 1 saturated heterocycles. The molecule has 0 bridgehead atoms. The molecule has 1 aliphatic heterocycles. The number of rotatable bonds is 4. The number of morpholine rings is 1. The Morgan fingerprint density at radius 3 is 2.74 bits per heavy atom. The monoisotopic (exact) mass is 433 g/mol. The van der Waals surface area contributed by atoms with Crippen molar-refractivity contribution in [1.29, 1.82) is 0 Å². The number of amides is 1. The van der Waals surface area contributed by atoms with Crippen molar-refractivity contribution < 1.29 is 13.9 Å². The topological polar surface area (TPSA) is 84.7 Å². The third-order valence-electron chi connectivity index (χ3n) is 5.17. The number of anilines is 2. The van der Waals surface area contributed by atoms with Crippen molar-refractivity contribution >= 4 is 39.6 Å². The van der Waals surface area contributed by atoms with E-state index in [1.54, 1.807) is 29.1 Å². The molecule has 31 heavy (non-hydrogen) atoms. The highest BCUT2D eigenvalue weighted by molar-refractivity contribution is 7.07. The van der Waals surface area contributed by atoms with Crippen LogP contribution in [0.5, 0.6) is 0 Å². The molecule has 0 saturated carbocycles. The average Bonchev–Trinajstić information content (AvgIpc) is 3.35. The molecule has 2 aromatic carbocycles. The van der Waals surface area contributed by atoms with E-state index in [9.17, 15) is 9.59 Å². The Morgan fingerprint density at radius 2 is 1.94 bits per heavy atom. The van der Waals surface area contributed by atoms with E-state index in [2.05, 4.69) is 15.2 Å². The first-order valence-corrected chi connectivity index (χ1v) is 10.8. The van der Waals surface area contributed by atoms with Gasteiger partial charge in [0.05, 0.1) is 29.8 Å². The quantitative estimate of drug-likeness (QED) is 0.524. The lowest BCUT2D eigenvalue weighted by molar-refractivity contribution is 0.102. The molecule has 1 fully saturated rings. The maximum atomic E-state index is 12.8. The number of hydrogen-bond acceptors (Lipinski definition) is 7. The second kappa shape index (κ2) is 8.33. The number of carbonyl (C=O) groups excluding carboxylic acids is 1. The van der Waals surface area contributed by atoms with Crippen molar-refractivity contribution in [3.8, 4) is 11.3 Å². The molecule has 3 heterocycles. The summed E-state index contributed by atoms with van der Waals surface area (Å²) in [6, 6.07) is 14.5. The van der Waals surface area contributed by atoms with E-state index < -0.39 is 0 Å². The van der Waals surface area contributed by atoms with E-state index in [1.165, 1.54) is 17.4 Å². The lowest BCUT2D eigenvalue weighted by Crippen LogP contribution is -2.36. The number of nitrogens with zero attached hydrogens (tertiary/aromatic N) is 2. The summed E-state index contributed by atoms with van der Waals surface area (Å²) in [6.45, 7) is 3.02. The highest BCUT2D eigenvalue weighted by Gasteiger charge is 2.16. The van der Waals surface area contributed by atoms with E-state index in [0.717, 1.165) is 24.3 Å². The first-order valence-electron chi connectivity index (χ1n) is 9.88. The summed E-state index contributed by atoms with van der Waals surface area (Å²) in [5.41, 5.74) is 4.36. The van der Waals surface area contributed by atoms with Crippen LogP contribution in [0.3, 0.4) is 0 Å². The predicted molar refractivity (Wildman–Crippen MR) is 121 cm³/mol. The van der Waals surface area contributed by atoms with Crippen molar-refractivity contribution in [2.75, 3.05) is 36.5 Å². The number of carbonyl (C=O) groups is 1. The Morgan fingerprint density at radius 1 is 1.10 bits per heavy atom. The number of benzene rings is 2. The smallest absolute Gasteiger partial charge is 0.275 e. The summed E-state index contributed by atoms with van der Waals surface area (Å²) in [4.78, 5) is 31.6. The van der Waals surface area contributed by atoms with Gasteiger partial charge in [-0.15, -0.1) is 11.3 Å². The molecule has 1 N–H and O–H groups in total. The molecule has 1 aliphatic rings. The fourth-order valence-corrected chi connectivity index (χ4v) is 4.14. The Hall–Kier alpha value is -3.49. The van der Waals surface area contributed by atoms with Gasteiger partial charge in [0.2, 0.25) is 0 Å². The molecule has 7 nitrogen and oxygen atoms in total. The van der Waals surface area contributed by atoms with Crippen LogP contribution in [0.2, 0.25) is 0 Å². The predicted octanol–water partition coefficient (Wildman–Crippen LogP) is 4.01. The first-order chi connectivity index (χ1) is 15.2. The molecule has 5 rings (SSSR count). The van der Waals surface area contributed by atoms with Gasteiger partial charge < -0.3 is 19.4 Å². The fraction of sp³-hybridized carbons (Fsp3) is 0.174. The molecular weight excluding hydrogens is 414 g/mol. The zero-order valence-corrected chi connectivity index (χ0v) is 17.4. The van der Waals surface area contributed by atoms with Gasteiger partial charge >= 0.3 is 0 Å². The molecule has 0 spiro atoms. The molecule has 0 unspecified atom stereocenters. The van der Waals surface area contributed by atoms with Gasteiger partial charge in [0, 0.05) is 35.8 Å². The van der Waals surface area contributed by atoms with Crippen molar-refractivity contribution in [3.63, 3.8) is 0 Å². The molecule has 1 amide bonds. The second-order valence-corrected chi connectivity index (χ2v) is 7.85. The van der Waals surface area contributed by atoms with Gasteiger partial charge in [0.1, 0.15) is 11.5 Å². The maximum Gasteiger partial charge on any atom is 0.275 e. The number of hydrogen-bond donors (Lipinski definition) is 1. The van der Waals surface area contributed by atoms with Gasteiger partial charge in [-0.25, -0.2) is 4.98 Å². The number of ether oxygens (including phenoxy) is 1. The Balaban J connectivity index is 1.54. The van der Waals surface area contributed by atoms with Crippen molar-refractivity contribution in [2.45, 2.75) is 0 Å². The van der Waals surface area contributed by atoms with Crippen LogP contribution in [0.15, 0.2) is 68.6 Å². The third-order valence-corrected chi connectivity index (χ3v) is 5.76. The van der Waals surface area contributed by atoms with Crippen LogP contribution in [0.25, 0.3) is 22.3 Å². The number of thiazole rings is 1. The Labute approximate surface area is 181 Å². The number of nitrogens with one attached hydrogen (secondary N) is 1. The minimum atomic E-state index is -0.351. The third kappa shape index (κ3) is 3.95. The number of fused-ring (bicyclic) bond motifs is 1. The molecule has 0 aliphatic carbocycles. The zero-order chi connectivity index (χ0) is 21.2. The molecule has 0 radical (unpaired) electrons. The summed E-state index contributed by atoms with van der Waals surface area (Å²) in [7, 11) is 0. The Bertz CT molecular complexity index is 1290. The van der Waals surface area contributed by atoms with Crippen molar-refractivity contribution in [3.05, 3.63) is 75.3 Å². The summed E-state index contributed by atoms with van der Waals surface area (Å²) in [5, 5.41) is 4.88. The summed E-state index contributed by atoms with van der Waals surface area (Å²) in [5.74, 6) is 0.0964. The lowest BCUT2D eigenvalue weighted by atomic mass is 10.1. The maximum absolute atomic E-state index is 12.8. The summed E-state index contributed by atoms with van der Waals surface area (Å²) < 4.78 is 11.6. The second-order valence-electron chi connectivity index (χ2n) is 7.13. The minimum Gasteiger partial charge on any atom is -0.454 e. The van der Waals surface area contributed by atoms with Crippen LogP contribution in [0, 0.1) is 0 Å². The van der Waals surface area contributed by atoms with Gasteiger partial charge in [-0.2, -0.15) is 0 Å². The van der Waals surface area contributed by atoms with E-state index >= 15 is 0 Å². The highest BCUT2D eigenvalue weighted by Crippen LogP contribution is 2.29. The van der Waals surface area contributed by atoms with E-state index in [-0.39, 0.29) is 11.3 Å². The molecule has 4 aromatic rings. The average molecular weight is 433 g/mol. The van der Waals surface area contributed by atoms with E-state index in [1.807, 2.05) is 24.3 Å². The zero-order valence-electron chi connectivity index (χ0n) is 16.5. The molecule has 0 atom stereocenters. The number of aromatic nitrogens is 1. The van der Waals surface area contributed by atoms with Gasteiger partial charge in [0.25, 0.3) is 5.91 Å². The van der Waals surface area contributed by atoms with Crippen LogP contribution in [-0.4, -0.2) is 37.2 Å². The van der Waals surface area contributed by atoms with Gasteiger partial charge in [-0.3, -0.25) is 9.59 Å². The van der Waals surface area contributed by atoms with Crippen LogP contribution in [0.1, 0.15) is 10.5 Å². The SMILES string of the molecule is O=C(Nc1cccc2c(=O)cc(-c3cccc(N4CCOCC4)c3)oc12)c1cscn1. The first kappa shape index (κ1) is 19.5. The standard InChI is InChI=1S/C23H19N3O4S/c27-20-12-21(15-3-1-4-16(11-15)26-7-9-29-10-8-26)30-22-17(20)5-2-6-18(22)25-23(28)19-13-31-14-24-19/h1-6,11-14H,7-10H2,(H,25,28). The molecular formula is C23H19N3O4S. The van der Waals surface area contributed by atoms with Gasteiger partial charge in [0.15, 0.2) is 11.0 Å². The molecule has 156 valence electrons. The summed E-state index contributed by atoms with van der Waals surface area (Å²) >= 11 is 1.34. The van der Waals surface area contributed by atoms with Crippen LogP contribution >= 0.6 is 11.3 Å². The normalized spacial score (nSPS) is 14.0. The molecule has 2 aromatic heterocycles. The highest BCUT2D eigenvalue weighted by atomic mass is 32.1. The van der Waals surface area contributed by atoms with Gasteiger partial charge in [-0.05, 0) is 24.3 Å². The molecule has 8 heteroatoms. The van der Waals surface area contributed by atoms with E-state index in [4.69, 9.17) is 9.15 Å². The fourth-order valence-electron chi connectivity index (χ4n) is 3.61. The van der Waals surface area contributed by atoms with Crippen LogP contribution in [0.4, 0.5) is 11.4 Å². The number of para-hydroxylation sites is 1. The van der Waals surface area contributed by atoms with Gasteiger partial charge in [-0.1, -0.05) is 18.2 Å². The van der Waals surface area contributed by atoms with Crippen LogP contribution in [-0.2, 0) is 4.74 Å². The largest absolute Gasteiger partial charge is 0.454 e. The lowest BCUT2D eigenvalue weighted by Gasteiger charge is -2.29. The summed E-state index contributed by atoms with van der Waals surface area (Å²) in [6.07, 6.45) is 0. The minimum absolute atomic E-state index is 0.169.